The van der Waals surface area contributed by atoms with Gasteiger partial charge in [0.25, 0.3) is 0 Å². The minimum absolute atomic E-state index is 0.0500. The molecule has 0 unspecified atom stereocenters. The molecule has 0 spiro atoms. The molecule has 3 rings (SSSR count). The van der Waals surface area contributed by atoms with Crippen molar-refractivity contribution in [3.63, 3.8) is 0 Å². The lowest BCUT2D eigenvalue weighted by molar-refractivity contribution is -0.151. The maximum Gasteiger partial charge on any atom is 0.323 e. The molecule has 0 amide bonds. The number of esters is 1. The molecule has 0 radical (unpaired) electrons. The predicted octanol–water partition coefficient (Wildman–Crippen LogP) is 6.48. The van der Waals surface area contributed by atoms with Crippen LogP contribution in [-0.4, -0.2) is 38.9 Å². The molecule has 2 atom stereocenters. The Morgan fingerprint density at radius 3 is 2.32 bits per heavy atom. The summed E-state index contributed by atoms with van der Waals surface area (Å²) in [7, 11) is -0.411. The summed E-state index contributed by atoms with van der Waals surface area (Å²) < 4.78 is 18.0. The Hall–Kier alpha value is -2.57. The van der Waals surface area contributed by atoms with E-state index in [1.807, 2.05) is 43.3 Å². The van der Waals surface area contributed by atoms with E-state index in [1.165, 1.54) is 0 Å². The molecule has 34 heavy (non-hydrogen) atoms. The number of para-hydroxylation sites is 1. The lowest BCUT2D eigenvalue weighted by Gasteiger charge is -2.43. The van der Waals surface area contributed by atoms with Gasteiger partial charge in [0.2, 0.25) is 8.32 Å². The fourth-order valence-corrected chi connectivity index (χ4v) is 5.15. The average molecular weight is 482 g/mol. The van der Waals surface area contributed by atoms with E-state index in [0.717, 1.165) is 22.6 Å². The van der Waals surface area contributed by atoms with Crippen molar-refractivity contribution in [3.8, 4) is 5.75 Å². The van der Waals surface area contributed by atoms with Gasteiger partial charge in [0.05, 0.1) is 25.5 Å². The molecule has 1 aliphatic rings. The van der Waals surface area contributed by atoms with Gasteiger partial charge in [0.1, 0.15) is 11.8 Å². The van der Waals surface area contributed by atoms with Gasteiger partial charge >= 0.3 is 5.97 Å². The Balaban J connectivity index is 2.12. The Labute approximate surface area is 205 Å². The van der Waals surface area contributed by atoms with E-state index in [-0.39, 0.29) is 17.0 Å². The van der Waals surface area contributed by atoms with Crippen molar-refractivity contribution in [1.29, 1.82) is 0 Å². The second-order valence-electron chi connectivity index (χ2n) is 10.3. The molecule has 6 heteroatoms. The van der Waals surface area contributed by atoms with Gasteiger partial charge in [0, 0.05) is 18.5 Å². The highest BCUT2D eigenvalue weighted by Crippen LogP contribution is 2.43. The van der Waals surface area contributed by atoms with Crippen LogP contribution in [0.25, 0.3) is 0 Å². The molecule has 0 fully saturated rings. The number of methoxy groups -OCH3 is 1. The van der Waals surface area contributed by atoms with Crippen molar-refractivity contribution in [2.75, 3.05) is 13.7 Å². The van der Waals surface area contributed by atoms with Gasteiger partial charge in [-0.2, -0.15) is 0 Å². The smallest absolute Gasteiger partial charge is 0.323 e. The van der Waals surface area contributed by atoms with Crippen LogP contribution in [0.1, 0.15) is 51.3 Å². The summed E-state index contributed by atoms with van der Waals surface area (Å²) in [5, 5.41) is 0.0500. The van der Waals surface area contributed by atoms with Crippen LogP contribution in [0.4, 0.5) is 0 Å². The second-order valence-corrected chi connectivity index (χ2v) is 15.0. The molecule has 0 saturated heterocycles. The monoisotopic (exact) mass is 481 g/mol. The standard InChI is InChI=1S/C28H39NO4Si/c1-8-32-27(30)25-19-22(33-34(6,7)28(2,3)4)18-24(23-16-12-13-17-26(23)31-5)29(25)20-21-14-10-9-11-15-21/h9-18,24-25H,8,19-20H2,1-7H3/t24-,25-/m0/s1. The van der Waals surface area contributed by atoms with Crippen molar-refractivity contribution >= 4 is 14.3 Å². The molecular formula is C28H39NO4Si. The predicted molar refractivity (Wildman–Crippen MR) is 139 cm³/mol. The number of nitrogens with zero attached hydrogens (tertiary/aromatic N) is 1. The average Bonchev–Trinajstić information content (AvgIpc) is 2.79. The molecule has 5 nitrogen and oxygen atoms in total. The molecule has 0 N–H and O–H groups in total. The summed E-state index contributed by atoms with van der Waals surface area (Å²) in [4.78, 5) is 15.5. The van der Waals surface area contributed by atoms with Gasteiger partial charge in [-0.15, -0.1) is 0 Å². The van der Waals surface area contributed by atoms with E-state index in [2.05, 4.69) is 63.0 Å². The van der Waals surface area contributed by atoms with Crippen LogP contribution < -0.4 is 4.74 Å². The zero-order valence-electron chi connectivity index (χ0n) is 21.6. The van der Waals surface area contributed by atoms with Crippen LogP contribution in [0.2, 0.25) is 18.1 Å². The van der Waals surface area contributed by atoms with Gasteiger partial charge in [-0.1, -0.05) is 69.3 Å². The fourth-order valence-electron chi connectivity index (χ4n) is 4.04. The highest BCUT2D eigenvalue weighted by atomic mass is 28.4. The third kappa shape index (κ3) is 5.91. The van der Waals surface area contributed by atoms with Crippen molar-refractivity contribution < 1.29 is 18.7 Å². The van der Waals surface area contributed by atoms with E-state index in [9.17, 15) is 4.79 Å². The molecule has 1 aliphatic heterocycles. The zero-order chi connectivity index (χ0) is 24.9. The van der Waals surface area contributed by atoms with Crippen molar-refractivity contribution in [2.24, 2.45) is 0 Å². The summed E-state index contributed by atoms with van der Waals surface area (Å²) in [6.07, 6.45) is 2.67. The highest BCUT2D eigenvalue weighted by Gasteiger charge is 2.43. The first-order valence-corrected chi connectivity index (χ1v) is 15.0. The van der Waals surface area contributed by atoms with Gasteiger partial charge in [0.15, 0.2) is 0 Å². The Kier molecular flexibility index (Phi) is 8.26. The molecule has 0 aliphatic carbocycles. The van der Waals surface area contributed by atoms with Crippen LogP contribution in [0.5, 0.6) is 5.75 Å². The maximum absolute atomic E-state index is 13.3. The van der Waals surface area contributed by atoms with Crippen LogP contribution in [0.15, 0.2) is 66.4 Å². The first kappa shape index (κ1) is 26.0. The number of hydrogen-bond acceptors (Lipinski definition) is 5. The number of rotatable bonds is 8. The van der Waals surface area contributed by atoms with E-state index >= 15 is 0 Å². The third-order valence-corrected chi connectivity index (χ3v) is 11.3. The minimum atomic E-state index is -2.09. The van der Waals surface area contributed by atoms with Crippen LogP contribution >= 0.6 is 0 Å². The first-order valence-electron chi connectivity index (χ1n) is 12.1. The topological polar surface area (TPSA) is 48.0 Å². The fraction of sp³-hybridized carbons (Fsp3) is 0.464. The summed E-state index contributed by atoms with van der Waals surface area (Å²) in [6, 6.07) is 17.6. The number of ether oxygens (including phenoxy) is 2. The molecule has 0 saturated carbocycles. The summed E-state index contributed by atoms with van der Waals surface area (Å²) in [5.41, 5.74) is 2.14. The third-order valence-electron chi connectivity index (χ3n) is 6.91. The van der Waals surface area contributed by atoms with Gasteiger partial charge < -0.3 is 13.9 Å². The number of benzene rings is 2. The quantitative estimate of drug-likeness (QED) is 0.319. The summed E-state index contributed by atoms with van der Waals surface area (Å²) >= 11 is 0. The molecule has 184 valence electrons. The molecule has 0 bridgehead atoms. The van der Waals surface area contributed by atoms with Crippen molar-refractivity contribution in [2.45, 2.75) is 70.9 Å². The SMILES string of the molecule is CCOC(=O)[C@@H]1CC(O[Si](C)(C)C(C)(C)C)=C[C@@H](c2ccccc2OC)N1Cc1ccccc1. The van der Waals surface area contributed by atoms with Gasteiger partial charge in [-0.3, -0.25) is 9.69 Å². The number of carbonyl (C=O) groups is 1. The number of hydrogen-bond donors (Lipinski definition) is 0. The molecular weight excluding hydrogens is 442 g/mol. The molecule has 1 heterocycles. The van der Waals surface area contributed by atoms with Crippen molar-refractivity contribution in [3.05, 3.63) is 77.6 Å². The van der Waals surface area contributed by atoms with Gasteiger partial charge in [-0.25, -0.2) is 0 Å². The minimum Gasteiger partial charge on any atom is -0.547 e. The molecule has 2 aromatic carbocycles. The maximum atomic E-state index is 13.3. The van der Waals surface area contributed by atoms with E-state index < -0.39 is 14.4 Å². The molecule has 0 aromatic heterocycles. The zero-order valence-corrected chi connectivity index (χ0v) is 22.6. The van der Waals surface area contributed by atoms with Gasteiger partial charge in [-0.05, 0) is 42.8 Å². The largest absolute Gasteiger partial charge is 0.547 e. The van der Waals surface area contributed by atoms with Crippen molar-refractivity contribution in [1.82, 2.24) is 4.90 Å². The summed E-state index contributed by atoms with van der Waals surface area (Å²) in [6.45, 7) is 14.0. The summed E-state index contributed by atoms with van der Waals surface area (Å²) in [5.74, 6) is 1.44. The number of carbonyl (C=O) groups excluding carboxylic acids is 1. The first-order chi connectivity index (χ1) is 16.1. The lowest BCUT2D eigenvalue weighted by atomic mass is 9.94. The van der Waals surface area contributed by atoms with Crippen LogP contribution in [0, 0.1) is 0 Å². The Bertz CT molecular complexity index is 997. The Morgan fingerprint density at radius 2 is 1.71 bits per heavy atom. The highest BCUT2D eigenvalue weighted by molar-refractivity contribution is 6.74. The molecule has 2 aromatic rings. The second kappa shape index (κ2) is 10.8. The van der Waals surface area contributed by atoms with Crippen LogP contribution in [-0.2, 0) is 20.5 Å². The van der Waals surface area contributed by atoms with E-state index in [0.29, 0.717) is 19.6 Å². The Morgan fingerprint density at radius 1 is 1.06 bits per heavy atom. The lowest BCUT2D eigenvalue weighted by Crippen LogP contribution is -2.48. The van der Waals surface area contributed by atoms with Crippen LogP contribution in [0.3, 0.4) is 0 Å². The van der Waals surface area contributed by atoms with E-state index in [1.54, 1.807) is 7.11 Å². The normalized spacial score (nSPS) is 19.3. The van der Waals surface area contributed by atoms with E-state index in [4.69, 9.17) is 13.9 Å².